The molecular weight excluding hydrogens is 224 g/mol. The van der Waals surface area contributed by atoms with Crippen LogP contribution in [0.25, 0.3) is 0 Å². The molecule has 1 saturated heterocycles. The highest BCUT2D eigenvalue weighted by molar-refractivity contribution is 7.98. The molecule has 2 rings (SSSR count). The quantitative estimate of drug-likeness (QED) is 0.473. The van der Waals surface area contributed by atoms with Gasteiger partial charge in [0.15, 0.2) is 0 Å². The van der Waals surface area contributed by atoms with Crippen molar-refractivity contribution in [2.75, 3.05) is 19.5 Å². The first-order valence-electron chi connectivity index (χ1n) is 4.98. The largest absolute Gasteiger partial charge is 0.485 e. The van der Waals surface area contributed by atoms with E-state index in [9.17, 15) is 0 Å². The molecule has 0 unspecified atom stereocenters. The van der Waals surface area contributed by atoms with Gasteiger partial charge in [0.25, 0.3) is 0 Å². The molecule has 16 heavy (non-hydrogen) atoms. The Kier molecular flexibility index (Phi) is 3.36. The Labute approximate surface area is 98.6 Å². The monoisotopic (exact) mass is 238 g/mol. The number of nitrogens with two attached hydrogens (primary N) is 1. The molecule has 0 spiro atoms. The smallest absolute Gasteiger partial charge is 0.145 e. The maximum Gasteiger partial charge on any atom is 0.145 e. The Morgan fingerprint density at radius 3 is 2.81 bits per heavy atom. The molecule has 5 heteroatoms. The number of thioether (sulfide) groups is 1. The lowest BCUT2D eigenvalue weighted by molar-refractivity contribution is -0.0798. The van der Waals surface area contributed by atoms with Crippen LogP contribution in [-0.2, 0) is 4.74 Å². The van der Waals surface area contributed by atoms with Gasteiger partial charge in [0.05, 0.1) is 18.8 Å². The van der Waals surface area contributed by atoms with Crippen molar-refractivity contribution in [2.24, 2.45) is 5.73 Å². The fraction of sp³-hybridized carbons (Fsp3) is 0.364. The number of hydrogen-bond acceptors (Lipinski definition) is 4. The standard InChI is InChI=1S/C11H14N2O2S/c1-16-9-4-2-3-8(10(9)11(12)13)15-7-5-14-6-7/h2-4,7H,5-6H2,1H3,(H3,12,13). The number of benzene rings is 1. The Balaban J connectivity index is 2.30. The third kappa shape index (κ3) is 2.15. The van der Waals surface area contributed by atoms with Crippen molar-refractivity contribution in [2.45, 2.75) is 11.0 Å². The van der Waals surface area contributed by atoms with Crippen LogP contribution >= 0.6 is 11.8 Å². The maximum atomic E-state index is 7.59. The molecule has 1 aromatic carbocycles. The van der Waals surface area contributed by atoms with E-state index >= 15 is 0 Å². The van der Waals surface area contributed by atoms with E-state index in [1.165, 1.54) is 0 Å². The van der Waals surface area contributed by atoms with Crippen LogP contribution in [0.4, 0.5) is 0 Å². The maximum absolute atomic E-state index is 7.59. The van der Waals surface area contributed by atoms with E-state index < -0.39 is 0 Å². The molecule has 0 atom stereocenters. The summed E-state index contributed by atoms with van der Waals surface area (Å²) in [7, 11) is 0. The van der Waals surface area contributed by atoms with E-state index in [0.29, 0.717) is 24.5 Å². The van der Waals surface area contributed by atoms with Gasteiger partial charge < -0.3 is 15.2 Å². The number of nitrogen functional groups attached to an aromatic ring is 1. The van der Waals surface area contributed by atoms with E-state index in [2.05, 4.69) is 0 Å². The summed E-state index contributed by atoms with van der Waals surface area (Å²) >= 11 is 1.56. The molecular formula is C11H14N2O2S. The molecule has 86 valence electrons. The first-order chi connectivity index (χ1) is 7.72. The second kappa shape index (κ2) is 4.76. The Morgan fingerprint density at radius 2 is 2.31 bits per heavy atom. The highest BCUT2D eigenvalue weighted by Gasteiger charge is 2.22. The average molecular weight is 238 g/mol. The number of ether oxygens (including phenoxy) is 2. The number of rotatable bonds is 4. The Morgan fingerprint density at radius 1 is 1.56 bits per heavy atom. The fourth-order valence-corrected chi connectivity index (χ4v) is 2.14. The molecule has 3 N–H and O–H groups in total. The van der Waals surface area contributed by atoms with Crippen LogP contribution in [0.1, 0.15) is 5.56 Å². The minimum atomic E-state index is 0.0418. The van der Waals surface area contributed by atoms with E-state index in [1.54, 1.807) is 11.8 Å². The third-order valence-electron chi connectivity index (χ3n) is 2.38. The van der Waals surface area contributed by atoms with E-state index in [0.717, 1.165) is 4.90 Å². The van der Waals surface area contributed by atoms with Crippen molar-refractivity contribution in [1.82, 2.24) is 0 Å². The predicted octanol–water partition coefficient (Wildman–Crippen LogP) is 1.47. The molecule has 1 aliphatic rings. The first-order valence-corrected chi connectivity index (χ1v) is 6.20. The molecule has 0 aromatic heterocycles. The van der Waals surface area contributed by atoms with E-state index in [-0.39, 0.29) is 11.9 Å². The Bertz CT molecular complexity index is 405. The summed E-state index contributed by atoms with van der Waals surface area (Å²) in [4.78, 5) is 0.963. The van der Waals surface area contributed by atoms with Crippen molar-refractivity contribution in [3.8, 4) is 5.75 Å². The minimum Gasteiger partial charge on any atom is -0.485 e. The zero-order valence-electron chi connectivity index (χ0n) is 9.03. The average Bonchev–Trinajstić information content (AvgIpc) is 2.22. The second-order valence-corrected chi connectivity index (χ2v) is 4.37. The minimum absolute atomic E-state index is 0.0418. The first kappa shape index (κ1) is 11.3. The van der Waals surface area contributed by atoms with Gasteiger partial charge in [-0.2, -0.15) is 0 Å². The number of hydrogen-bond donors (Lipinski definition) is 2. The van der Waals surface area contributed by atoms with E-state index in [1.807, 2.05) is 24.5 Å². The molecule has 1 fully saturated rings. The van der Waals surface area contributed by atoms with Gasteiger partial charge in [0.1, 0.15) is 17.7 Å². The fourth-order valence-electron chi connectivity index (χ4n) is 1.51. The molecule has 1 aliphatic heterocycles. The van der Waals surface area contributed by atoms with Crippen LogP contribution in [0.5, 0.6) is 5.75 Å². The van der Waals surface area contributed by atoms with Crippen molar-refractivity contribution < 1.29 is 9.47 Å². The summed E-state index contributed by atoms with van der Waals surface area (Å²) in [6, 6.07) is 5.69. The van der Waals surface area contributed by atoms with Crippen LogP contribution in [-0.4, -0.2) is 31.4 Å². The lowest BCUT2D eigenvalue weighted by Gasteiger charge is -2.28. The summed E-state index contributed by atoms with van der Waals surface area (Å²) in [5.41, 5.74) is 6.27. The van der Waals surface area contributed by atoms with Crippen LogP contribution in [0.2, 0.25) is 0 Å². The summed E-state index contributed by atoms with van der Waals surface area (Å²) < 4.78 is 10.8. The normalized spacial score (nSPS) is 15.6. The van der Waals surface area contributed by atoms with Crippen molar-refractivity contribution >= 4 is 17.6 Å². The summed E-state index contributed by atoms with van der Waals surface area (Å²) in [5.74, 6) is 0.716. The number of nitrogens with one attached hydrogen (secondary N) is 1. The zero-order valence-corrected chi connectivity index (χ0v) is 9.84. The molecule has 0 bridgehead atoms. The van der Waals surface area contributed by atoms with Crippen LogP contribution in [0.3, 0.4) is 0 Å². The molecule has 0 aliphatic carbocycles. The van der Waals surface area contributed by atoms with Crippen molar-refractivity contribution in [1.29, 1.82) is 5.41 Å². The van der Waals surface area contributed by atoms with Gasteiger partial charge in [-0.3, -0.25) is 5.41 Å². The molecule has 1 aromatic rings. The van der Waals surface area contributed by atoms with E-state index in [4.69, 9.17) is 20.6 Å². The lowest BCUT2D eigenvalue weighted by atomic mass is 10.1. The lowest BCUT2D eigenvalue weighted by Crippen LogP contribution is -2.39. The van der Waals surface area contributed by atoms with Gasteiger partial charge in [-0.1, -0.05) is 6.07 Å². The van der Waals surface area contributed by atoms with Crippen molar-refractivity contribution in [3.05, 3.63) is 23.8 Å². The highest BCUT2D eigenvalue weighted by atomic mass is 32.2. The van der Waals surface area contributed by atoms with Crippen LogP contribution in [0.15, 0.2) is 23.1 Å². The predicted molar refractivity (Wildman–Crippen MR) is 64.5 cm³/mol. The second-order valence-electron chi connectivity index (χ2n) is 3.52. The van der Waals surface area contributed by atoms with Gasteiger partial charge >= 0.3 is 0 Å². The Hall–Kier alpha value is -1.20. The van der Waals surface area contributed by atoms with Gasteiger partial charge in [-0.05, 0) is 18.4 Å². The highest BCUT2D eigenvalue weighted by Crippen LogP contribution is 2.29. The summed E-state index contributed by atoms with van der Waals surface area (Å²) in [5, 5.41) is 7.59. The SMILES string of the molecule is CSc1cccc(OC2COC2)c1C(=N)N. The third-order valence-corrected chi connectivity index (χ3v) is 3.16. The molecule has 4 nitrogen and oxygen atoms in total. The molecule has 0 amide bonds. The van der Waals surface area contributed by atoms with Crippen molar-refractivity contribution in [3.63, 3.8) is 0 Å². The summed E-state index contributed by atoms with van der Waals surface area (Å²) in [6.45, 7) is 1.22. The van der Waals surface area contributed by atoms with Crippen LogP contribution < -0.4 is 10.5 Å². The van der Waals surface area contributed by atoms with Gasteiger partial charge in [0, 0.05) is 4.90 Å². The molecule has 0 radical (unpaired) electrons. The molecule has 0 saturated carbocycles. The number of amidine groups is 1. The summed E-state index contributed by atoms with van der Waals surface area (Å²) in [6.07, 6.45) is 2.05. The van der Waals surface area contributed by atoms with Gasteiger partial charge in [0.2, 0.25) is 0 Å². The zero-order chi connectivity index (χ0) is 11.5. The topological polar surface area (TPSA) is 68.3 Å². The van der Waals surface area contributed by atoms with Gasteiger partial charge in [-0.15, -0.1) is 11.8 Å². The van der Waals surface area contributed by atoms with Crippen LogP contribution in [0, 0.1) is 5.41 Å². The molecule has 1 heterocycles. The van der Waals surface area contributed by atoms with Gasteiger partial charge in [-0.25, -0.2) is 0 Å².